The molecule has 1 aromatic carbocycles. The van der Waals surface area contributed by atoms with Crippen LogP contribution in [-0.2, 0) is 0 Å². The van der Waals surface area contributed by atoms with E-state index in [0.29, 0.717) is 5.15 Å². The summed E-state index contributed by atoms with van der Waals surface area (Å²) >= 11 is 5.93. The quantitative estimate of drug-likeness (QED) is 0.542. The molecule has 0 aliphatic rings. The summed E-state index contributed by atoms with van der Waals surface area (Å²) in [6.07, 6.45) is 0. The second kappa shape index (κ2) is 5.25. The number of hydrogen-bond acceptors (Lipinski definition) is 3. The average molecular weight is 324 g/mol. The molecule has 0 amide bonds. The summed E-state index contributed by atoms with van der Waals surface area (Å²) < 4.78 is 5.55. The molecule has 0 fully saturated rings. The van der Waals surface area contributed by atoms with Crippen molar-refractivity contribution in [2.45, 2.75) is 6.92 Å². The maximum Gasteiger partial charge on any atom is 0.130 e. The molecular formula is C18H14ClN3O. The molecule has 0 aliphatic heterocycles. The van der Waals surface area contributed by atoms with Crippen molar-refractivity contribution in [3.8, 4) is 17.0 Å². The lowest BCUT2D eigenvalue weighted by Gasteiger charge is -2.09. The van der Waals surface area contributed by atoms with Gasteiger partial charge < -0.3 is 9.72 Å². The third kappa shape index (κ3) is 2.41. The Morgan fingerprint density at radius 2 is 1.78 bits per heavy atom. The molecule has 5 heteroatoms. The van der Waals surface area contributed by atoms with Gasteiger partial charge in [-0.15, -0.1) is 0 Å². The highest BCUT2D eigenvalue weighted by Gasteiger charge is 2.11. The van der Waals surface area contributed by atoms with Crippen molar-refractivity contribution < 1.29 is 4.74 Å². The number of aromatic amines is 1. The van der Waals surface area contributed by atoms with E-state index in [0.717, 1.165) is 44.6 Å². The summed E-state index contributed by atoms with van der Waals surface area (Å²) in [5, 5.41) is 1.60. The van der Waals surface area contributed by atoms with E-state index in [9.17, 15) is 0 Å². The lowest BCUT2D eigenvalue weighted by molar-refractivity contribution is 0.417. The van der Waals surface area contributed by atoms with Crippen molar-refractivity contribution in [2.24, 2.45) is 0 Å². The van der Waals surface area contributed by atoms with Gasteiger partial charge in [0.2, 0.25) is 0 Å². The van der Waals surface area contributed by atoms with Gasteiger partial charge in [0.15, 0.2) is 0 Å². The fraction of sp³-hybridized carbons (Fsp3) is 0.111. The smallest absolute Gasteiger partial charge is 0.130 e. The van der Waals surface area contributed by atoms with E-state index in [1.807, 2.05) is 31.2 Å². The Balaban J connectivity index is 1.94. The Bertz CT molecular complexity index is 1040. The van der Waals surface area contributed by atoms with Crippen LogP contribution in [0, 0.1) is 6.92 Å². The summed E-state index contributed by atoms with van der Waals surface area (Å²) in [4.78, 5) is 12.3. The highest BCUT2D eigenvalue weighted by molar-refractivity contribution is 6.29. The molecule has 4 nitrogen and oxygen atoms in total. The molecular weight excluding hydrogens is 310 g/mol. The number of hydrogen-bond donors (Lipinski definition) is 1. The number of methoxy groups -OCH3 is 1. The molecule has 0 spiro atoms. The minimum Gasteiger partial charge on any atom is -0.496 e. The fourth-order valence-corrected chi connectivity index (χ4v) is 2.96. The molecule has 0 bridgehead atoms. The topological polar surface area (TPSA) is 50.8 Å². The maximum absolute atomic E-state index is 5.93. The van der Waals surface area contributed by atoms with E-state index < -0.39 is 0 Å². The Morgan fingerprint density at radius 1 is 1.00 bits per heavy atom. The highest BCUT2D eigenvalue weighted by atomic mass is 35.5. The van der Waals surface area contributed by atoms with Gasteiger partial charge in [0, 0.05) is 28.2 Å². The number of aryl methyl sites for hydroxylation is 1. The van der Waals surface area contributed by atoms with Crippen molar-refractivity contribution in [3.05, 3.63) is 53.3 Å². The first kappa shape index (κ1) is 14.0. The number of rotatable bonds is 2. The number of benzene rings is 1. The number of nitrogens with one attached hydrogen (secondary N) is 1. The monoisotopic (exact) mass is 323 g/mol. The number of halogens is 1. The SMILES string of the molecule is COc1cc2[nH]c(C)cc2cc1-c1ccc2nc(Cl)ccc2n1. The Labute approximate surface area is 138 Å². The van der Waals surface area contributed by atoms with Gasteiger partial charge in [0.25, 0.3) is 0 Å². The molecule has 114 valence electrons. The minimum absolute atomic E-state index is 0.467. The minimum atomic E-state index is 0.467. The highest BCUT2D eigenvalue weighted by Crippen LogP contribution is 2.34. The standard InChI is InChI=1S/C18H14ClN3O/c1-10-7-11-8-12(17(23-2)9-16(11)20-10)13-3-4-15-14(21-13)5-6-18(19)22-15/h3-9,20H,1-2H3. The second-order valence-electron chi connectivity index (χ2n) is 5.46. The largest absolute Gasteiger partial charge is 0.496 e. The summed E-state index contributed by atoms with van der Waals surface area (Å²) in [7, 11) is 1.67. The fourth-order valence-electron chi connectivity index (χ4n) is 2.81. The van der Waals surface area contributed by atoms with E-state index >= 15 is 0 Å². The number of pyridine rings is 2. The van der Waals surface area contributed by atoms with E-state index in [1.165, 1.54) is 0 Å². The molecule has 0 saturated heterocycles. The molecule has 0 atom stereocenters. The van der Waals surface area contributed by atoms with Gasteiger partial charge in [-0.3, -0.25) is 0 Å². The van der Waals surface area contributed by atoms with Crippen LogP contribution < -0.4 is 4.74 Å². The molecule has 23 heavy (non-hydrogen) atoms. The summed E-state index contributed by atoms with van der Waals surface area (Å²) in [6, 6.07) is 13.7. The Hall–Kier alpha value is -2.59. The zero-order chi connectivity index (χ0) is 16.0. The van der Waals surface area contributed by atoms with E-state index in [4.69, 9.17) is 21.3 Å². The van der Waals surface area contributed by atoms with Crippen LogP contribution in [-0.4, -0.2) is 22.1 Å². The van der Waals surface area contributed by atoms with Crippen LogP contribution in [0.15, 0.2) is 42.5 Å². The number of fused-ring (bicyclic) bond motifs is 2. The molecule has 0 unspecified atom stereocenters. The first-order valence-electron chi connectivity index (χ1n) is 7.25. The van der Waals surface area contributed by atoms with Crippen LogP contribution in [0.4, 0.5) is 0 Å². The third-order valence-corrected chi connectivity index (χ3v) is 4.07. The van der Waals surface area contributed by atoms with E-state index in [-0.39, 0.29) is 0 Å². The Morgan fingerprint density at radius 3 is 2.61 bits per heavy atom. The molecule has 1 N–H and O–H groups in total. The lowest BCUT2D eigenvalue weighted by atomic mass is 10.1. The van der Waals surface area contributed by atoms with Crippen molar-refractivity contribution in [2.75, 3.05) is 7.11 Å². The van der Waals surface area contributed by atoms with Gasteiger partial charge in [-0.25, -0.2) is 9.97 Å². The van der Waals surface area contributed by atoms with Crippen molar-refractivity contribution in [1.82, 2.24) is 15.0 Å². The lowest BCUT2D eigenvalue weighted by Crippen LogP contribution is -1.92. The molecule has 4 rings (SSSR count). The first-order valence-corrected chi connectivity index (χ1v) is 7.63. The van der Waals surface area contributed by atoms with Crippen molar-refractivity contribution >= 4 is 33.5 Å². The van der Waals surface area contributed by atoms with Crippen LogP contribution in [0.2, 0.25) is 5.15 Å². The molecule has 3 heterocycles. The van der Waals surface area contributed by atoms with Crippen LogP contribution in [0.5, 0.6) is 5.75 Å². The van der Waals surface area contributed by atoms with Gasteiger partial charge >= 0.3 is 0 Å². The summed E-state index contributed by atoms with van der Waals surface area (Å²) in [5.74, 6) is 0.785. The first-order chi connectivity index (χ1) is 11.1. The van der Waals surface area contributed by atoms with Gasteiger partial charge in [-0.1, -0.05) is 11.6 Å². The predicted molar refractivity (Wildman–Crippen MR) is 93.1 cm³/mol. The maximum atomic E-state index is 5.93. The molecule has 3 aromatic heterocycles. The summed E-state index contributed by atoms with van der Waals surface area (Å²) in [5.41, 5.74) is 5.55. The van der Waals surface area contributed by atoms with Crippen LogP contribution in [0.1, 0.15) is 5.69 Å². The normalized spacial score (nSPS) is 11.3. The number of ether oxygens (including phenoxy) is 1. The van der Waals surface area contributed by atoms with Crippen molar-refractivity contribution in [3.63, 3.8) is 0 Å². The van der Waals surface area contributed by atoms with Gasteiger partial charge in [-0.05, 0) is 43.3 Å². The van der Waals surface area contributed by atoms with Crippen molar-refractivity contribution in [1.29, 1.82) is 0 Å². The molecule has 0 aliphatic carbocycles. The second-order valence-corrected chi connectivity index (χ2v) is 5.85. The summed E-state index contributed by atoms with van der Waals surface area (Å²) in [6.45, 7) is 2.04. The van der Waals surface area contributed by atoms with Gasteiger partial charge in [0.1, 0.15) is 10.9 Å². The van der Waals surface area contributed by atoms with E-state index in [1.54, 1.807) is 13.2 Å². The zero-order valence-corrected chi connectivity index (χ0v) is 13.5. The number of H-pyrrole nitrogens is 1. The van der Waals surface area contributed by atoms with Crippen LogP contribution in [0.25, 0.3) is 33.2 Å². The molecule has 0 radical (unpaired) electrons. The van der Waals surface area contributed by atoms with E-state index in [2.05, 4.69) is 22.1 Å². The van der Waals surface area contributed by atoms with Gasteiger partial charge in [-0.2, -0.15) is 0 Å². The van der Waals surface area contributed by atoms with Crippen LogP contribution >= 0.6 is 11.6 Å². The molecule has 4 aromatic rings. The predicted octanol–water partition coefficient (Wildman–Crippen LogP) is 4.75. The number of aromatic nitrogens is 3. The van der Waals surface area contributed by atoms with Gasteiger partial charge in [0.05, 0.1) is 23.8 Å². The Kier molecular flexibility index (Phi) is 3.20. The average Bonchev–Trinajstić information content (AvgIpc) is 2.92. The third-order valence-electron chi connectivity index (χ3n) is 3.86. The number of nitrogens with zero attached hydrogens (tertiary/aromatic N) is 2. The van der Waals surface area contributed by atoms with Crippen LogP contribution in [0.3, 0.4) is 0 Å². The zero-order valence-electron chi connectivity index (χ0n) is 12.7. The molecule has 0 saturated carbocycles.